The standard InChI is InChI=1S/C25H25FN2O/c1-18(28(22-15-16-22)17-19-11-13-21(26)14-12-19)25(29)27-24-10-6-5-9-23(24)20-7-3-2-4-8-20/h2-14,18,22H,15-17H2,1H3,(H,27,29)/t18-/m1/s1. The number of halogens is 1. The predicted molar refractivity (Wildman–Crippen MR) is 115 cm³/mol. The van der Waals surface area contributed by atoms with Gasteiger partial charge in [0.25, 0.3) is 0 Å². The molecule has 1 fully saturated rings. The van der Waals surface area contributed by atoms with Gasteiger partial charge in [-0.15, -0.1) is 0 Å². The topological polar surface area (TPSA) is 32.3 Å². The highest BCUT2D eigenvalue weighted by Gasteiger charge is 2.35. The molecule has 3 aromatic rings. The fourth-order valence-electron chi connectivity index (χ4n) is 3.64. The Labute approximate surface area is 171 Å². The van der Waals surface area contributed by atoms with Crippen molar-refractivity contribution in [3.05, 3.63) is 90.2 Å². The highest BCUT2D eigenvalue weighted by molar-refractivity contribution is 5.98. The molecule has 29 heavy (non-hydrogen) atoms. The second-order valence-corrected chi connectivity index (χ2v) is 7.61. The Balaban J connectivity index is 1.51. The van der Waals surface area contributed by atoms with Crippen LogP contribution in [0.3, 0.4) is 0 Å². The van der Waals surface area contributed by atoms with Crippen molar-refractivity contribution >= 4 is 11.6 Å². The smallest absolute Gasteiger partial charge is 0.241 e. The van der Waals surface area contributed by atoms with Crippen LogP contribution in [0.4, 0.5) is 10.1 Å². The van der Waals surface area contributed by atoms with E-state index in [2.05, 4.69) is 10.2 Å². The second-order valence-electron chi connectivity index (χ2n) is 7.61. The van der Waals surface area contributed by atoms with Gasteiger partial charge in [-0.2, -0.15) is 0 Å². The number of rotatable bonds is 7. The molecule has 1 N–H and O–H groups in total. The Bertz CT molecular complexity index is 968. The van der Waals surface area contributed by atoms with Gasteiger partial charge in [-0.1, -0.05) is 60.7 Å². The van der Waals surface area contributed by atoms with E-state index in [1.807, 2.05) is 61.5 Å². The lowest BCUT2D eigenvalue weighted by molar-refractivity contribution is -0.121. The fourth-order valence-corrected chi connectivity index (χ4v) is 3.64. The summed E-state index contributed by atoms with van der Waals surface area (Å²) in [6.07, 6.45) is 2.19. The number of nitrogens with zero attached hydrogens (tertiary/aromatic N) is 1. The first-order valence-electron chi connectivity index (χ1n) is 10.1. The van der Waals surface area contributed by atoms with Crippen molar-refractivity contribution in [2.24, 2.45) is 0 Å². The SMILES string of the molecule is C[C@H](C(=O)Nc1ccccc1-c1ccccc1)N(Cc1ccc(F)cc1)C1CC1. The molecule has 0 saturated heterocycles. The van der Waals surface area contributed by atoms with Crippen molar-refractivity contribution in [3.8, 4) is 11.1 Å². The summed E-state index contributed by atoms with van der Waals surface area (Å²) in [5, 5.41) is 3.13. The highest BCUT2D eigenvalue weighted by atomic mass is 19.1. The minimum Gasteiger partial charge on any atom is -0.324 e. The van der Waals surface area contributed by atoms with Crippen molar-refractivity contribution in [1.82, 2.24) is 4.90 Å². The molecule has 3 aromatic carbocycles. The molecule has 0 spiro atoms. The lowest BCUT2D eigenvalue weighted by atomic mass is 10.0. The Morgan fingerprint density at radius 1 is 1.00 bits per heavy atom. The maximum atomic E-state index is 13.2. The third-order valence-corrected chi connectivity index (χ3v) is 5.44. The van der Waals surface area contributed by atoms with E-state index >= 15 is 0 Å². The number of amides is 1. The average molecular weight is 388 g/mol. The van der Waals surface area contributed by atoms with Crippen LogP contribution < -0.4 is 5.32 Å². The quantitative estimate of drug-likeness (QED) is 0.581. The number of para-hydroxylation sites is 1. The third-order valence-electron chi connectivity index (χ3n) is 5.44. The number of nitrogens with one attached hydrogen (secondary N) is 1. The van der Waals surface area contributed by atoms with E-state index in [-0.39, 0.29) is 17.8 Å². The molecule has 0 bridgehead atoms. The molecule has 1 atom stereocenters. The van der Waals surface area contributed by atoms with Gasteiger partial charge in [0.05, 0.1) is 6.04 Å². The monoisotopic (exact) mass is 388 g/mol. The lowest BCUT2D eigenvalue weighted by Crippen LogP contribution is -2.43. The van der Waals surface area contributed by atoms with Crippen LogP contribution in [-0.2, 0) is 11.3 Å². The van der Waals surface area contributed by atoms with Crippen LogP contribution in [0.15, 0.2) is 78.9 Å². The van der Waals surface area contributed by atoms with E-state index in [1.165, 1.54) is 12.1 Å². The summed E-state index contributed by atoms with van der Waals surface area (Å²) >= 11 is 0. The number of hydrogen-bond donors (Lipinski definition) is 1. The minimum absolute atomic E-state index is 0.0256. The molecule has 1 aliphatic rings. The molecule has 0 unspecified atom stereocenters. The molecule has 1 aliphatic carbocycles. The molecule has 4 rings (SSSR count). The van der Waals surface area contributed by atoms with Crippen LogP contribution in [0.1, 0.15) is 25.3 Å². The van der Waals surface area contributed by atoms with E-state index in [9.17, 15) is 9.18 Å². The van der Waals surface area contributed by atoms with E-state index in [4.69, 9.17) is 0 Å². The Morgan fingerprint density at radius 2 is 1.66 bits per heavy atom. The summed E-state index contributed by atoms with van der Waals surface area (Å²) in [6.45, 7) is 2.59. The number of carbonyl (C=O) groups is 1. The second kappa shape index (κ2) is 8.58. The van der Waals surface area contributed by atoms with Crippen molar-refractivity contribution in [3.63, 3.8) is 0 Å². The van der Waals surface area contributed by atoms with Crippen molar-refractivity contribution in [2.75, 3.05) is 5.32 Å². The van der Waals surface area contributed by atoms with Crippen LogP contribution in [0, 0.1) is 5.82 Å². The van der Waals surface area contributed by atoms with Gasteiger partial charge in [0, 0.05) is 23.8 Å². The zero-order chi connectivity index (χ0) is 20.2. The van der Waals surface area contributed by atoms with Crippen LogP contribution in [0.5, 0.6) is 0 Å². The molecule has 1 saturated carbocycles. The Hall–Kier alpha value is -2.98. The summed E-state index contributed by atoms with van der Waals surface area (Å²) in [7, 11) is 0. The zero-order valence-corrected chi connectivity index (χ0v) is 16.5. The third kappa shape index (κ3) is 4.72. The van der Waals surface area contributed by atoms with E-state index in [0.29, 0.717) is 12.6 Å². The van der Waals surface area contributed by atoms with Crippen LogP contribution in [-0.4, -0.2) is 22.9 Å². The van der Waals surface area contributed by atoms with Crippen LogP contribution in [0.2, 0.25) is 0 Å². The summed E-state index contributed by atoms with van der Waals surface area (Å²) in [4.78, 5) is 15.3. The van der Waals surface area contributed by atoms with Crippen LogP contribution in [0.25, 0.3) is 11.1 Å². The number of anilines is 1. The normalized spacial score (nSPS) is 14.6. The Morgan fingerprint density at radius 3 is 2.34 bits per heavy atom. The van der Waals surface area contributed by atoms with E-state index in [0.717, 1.165) is 35.2 Å². The summed E-state index contributed by atoms with van der Waals surface area (Å²) in [6, 6.07) is 24.6. The fraction of sp³-hybridized carbons (Fsp3) is 0.240. The Kier molecular flexibility index (Phi) is 5.72. The predicted octanol–water partition coefficient (Wildman–Crippen LogP) is 5.48. The first kappa shape index (κ1) is 19.3. The molecule has 3 nitrogen and oxygen atoms in total. The van der Waals surface area contributed by atoms with Gasteiger partial charge in [-0.05, 0) is 49.1 Å². The maximum absolute atomic E-state index is 13.2. The molecule has 4 heteroatoms. The van der Waals surface area contributed by atoms with Gasteiger partial charge in [-0.25, -0.2) is 4.39 Å². The zero-order valence-electron chi connectivity index (χ0n) is 16.5. The molecule has 148 valence electrons. The number of carbonyl (C=O) groups excluding carboxylic acids is 1. The molecule has 0 aliphatic heterocycles. The van der Waals surface area contributed by atoms with Gasteiger partial charge in [0.1, 0.15) is 5.82 Å². The largest absolute Gasteiger partial charge is 0.324 e. The van der Waals surface area contributed by atoms with Gasteiger partial charge >= 0.3 is 0 Å². The highest BCUT2D eigenvalue weighted by Crippen LogP contribution is 2.32. The van der Waals surface area contributed by atoms with Crippen molar-refractivity contribution in [2.45, 2.75) is 38.4 Å². The van der Waals surface area contributed by atoms with E-state index in [1.54, 1.807) is 12.1 Å². The van der Waals surface area contributed by atoms with Gasteiger partial charge in [0.15, 0.2) is 0 Å². The van der Waals surface area contributed by atoms with Crippen molar-refractivity contribution < 1.29 is 9.18 Å². The molecule has 1 amide bonds. The summed E-state index contributed by atoms with van der Waals surface area (Å²) in [5.41, 5.74) is 3.90. The van der Waals surface area contributed by atoms with Gasteiger partial charge in [0.2, 0.25) is 5.91 Å². The minimum atomic E-state index is -0.281. The average Bonchev–Trinajstić information content (AvgIpc) is 3.59. The lowest BCUT2D eigenvalue weighted by Gasteiger charge is -2.28. The number of hydrogen-bond acceptors (Lipinski definition) is 2. The summed E-state index contributed by atoms with van der Waals surface area (Å²) < 4.78 is 13.2. The van der Waals surface area contributed by atoms with Crippen LogP contribution >= 0.6 is 0 Å². The number of benzene rings is 3. The molecule has 0 heterocycles. The van der Waals surface area contributed by atoms with Crippen molar-refractivity contribution in [1.29, 1.82) is 0 Å². The molecule has 0 aromatic heterocycles. The first-order valence-corrected chi connectivity index (χ1v) is 10.1. The molecule has 0 radical (unpaired) electrons. The molecular formula is C25H25FN2O. The molecular weight excluding hydrogens is 363 g/mol. The maximum Gasteiger partial charge on any atom is 0.241 e. The summed E-state index contributed by atoms with van der Waals surface area (Å²) in [5.74, 6) is -0.266. The first-order chi connectivity index (χ1) is 14.1. The van der Waals surface area contributed by atoms with Gasteiger partial charge < -0.3 is 5.32 Å². The van der Waals surface area contributed by atoms with Gasteiger partial charge in [-0.3, -0.25) is 9.69 Å². The van der Waals surface area contributed by atoms with E-state index < -0.39 is 0 Å².